The summed E-state index contributed by atoms with van der Waals surface area (Å²) < 4.78 is 0. The van der Waals surface area contributed by atoms with Crippen molar-refractivity contribution in [1.29, 1.82) is 0 Å². The molecule has 0 aliphatic heterocycles. The van der Waals surface area contributed by atoms with E-state index in [0.29, 0.717) is 11.0 Å². The van der Waals surface area contributed by atoms with Gasteiger partial charge in [0.1, 0.15) is 0 Å². The molecule has 0 amide bonds. The molecule has 0 aromatic heterocycles. The monoisotopic (exact) mass is 380 g/mol. The lowest BCUT2D eigenvalue weighted by Crippen LogP contribution is -1.91. The van der Waals surface area contributed by atoms with Gasteiger partial charge in [0.2, 0.25) is 0 Å². The molecule has 2 aromatic carbocycles. The number of benzene rings is 2. The van der Waals surface area contributed by atoms with Gasteiger partial charge in [-0.2, -0.15) is 24.4 Å². The van der Waals surface area contributed by atoms with E-state index in [4.69, 9.17) is 0 Å². The molecule has 0 radical (unpaired) electrons. The van der Waals surface area contributed by atoms with Gasteiger partial charge in [-0.15, -0.1) is 0 Å². The number of nitrogens with zero attached hydrogens (tertiary/aromatic N) is 2. The Morgan fingerprint density at radius 1 is 0.960 bits per heavy atom. The third kappa shape index (κ3) is 8.04. The Balaban J connectivity index is 0.000000257. The van der Waals surface area contributed by atoms with E-state index in [-0.39, 0.29) is 16.3 Å². The Bertz CT molecular complexity index is 723. The first-order valence-corrected chi connectivity index (χ1v) is 9.20. The van der Waals surface area contributed by atoms with Crippen LogP contribution in [0.25, 0.3) is 0 Å². The van der Waals surface area contributed by atoms with E-state index in [2.05, 4.69) is 26.5 Å². The van der Waals surface area contributed by atoms with Crippen molar-refractivity contribution in [2.75, 3.05) is 0 Å². The minimum Gasteiger partial charge on any atom is -0.258 e. The molecule has 0 fully saturated rings. The normalized spacial score (nSPS) is 10.1. The van der Waals surface area contributed by atoms with E-state index < -0.39 is 4.92 Å². The van der Waals surface area contributed by atoms with Crippen LogP contribution in [0.2, 0.25) is 0 Å². The maximum atomic E-state index is 10.5. The standard InChI is InChI=1S/C10H13NO2S.C7H7NO2S/c1-8(2)14-7-9-4-3-5-10(6-9)11(12)13;9-8(10)7-3-1-2-6(4-7)5-11/h3-6,8H,7H2,1-2H3;1-4,11H,5H2. The van der Waals surface area contributed by atoms with Gasteiger partial charge in [0.15, 0.2) is 0 Å². The van der Waals surface area contributed by atoms with Gasteiger partial charge in [0.05, 0.1) is 9.85 Å². The van der Waals surface area contributed by atoms with Gasteiger partial charge >= 0.3 is 0 Å². The number of thiol groups is 1. The van der Waals surface area contributed by atoms with Crippen LogP contribution in [0, 0.1) is 20.2 Å². The lowest BCUT2D eigenvalue weighted by molar-refractivity contribution is -0.385. The SMILES string of the molecule is CC(C)SCc1cccc([N+](=O)[O-])c1.O=[N+]([O-])c1cccc(CS)c1. The first-order chi connectivity index (χ1) is 11.8. The molecule has 0 saturated heterocycles. The van der Waals surface area contributed by atoms with Gasteiger partial charge in [-0.25, -0.2) is 0 Å². The highest BCUT2D eigenvalue weighted by molar-refractivity contribution is 7.99. The summed E-state index contributed by atoms with van der Waals surface area (Å²) in [7, 11) is 0. The van der Waals surface area contributed by atoms with Crippen molar-refractivity contribution in [3.05, 3.63) is 79.9 Å². The average Bonchev–Trinajstić information content (AvgIpc) is 2.60. The van der Waals surface area contributed by atoms with Crippen molar-refractivity contribution < 1.29 is 9.85 Å². The Kier molecular flexibility index (Phi) is 9.01. The lowest BCUT2D eigenvalue weighted by atomic mass is 10.2. The number of rotatable bonds is 6. The second-order valence-corrected chi connectivity index (χ2v) is 7.25. The Hall–Kier alpha value is -2.06. The van der Waals surface area contributed by atoms with Gasteiger partial charge in [-0.05, 0) is 16.4 Å². The van der Waals surface area contributed by atoms with Gasteiger partial charge in [-0.1, -0.05) is 38.1 Å². The first kappa shape index (κ1) is 21.0. The molecule has 0 N–H and O–H groups in total. The van der Waals surface area contributed by atoms with Crippen LogP contribution in [0.3, 0.4) is 0 Å². The highest BCUT2D eigenvalue weighted by atomic mass is 32.2. The zero-order valence-electron chi connectivity index (χ0n) is 14.0. The number of nitro groups is 2. The minimum absolute atomic E-state index is 0.122. The van der Waals surface area contributed by atoms with E-state index in [1.165, 1.54) is 18.2 Å². The summed E-state index contributed by atoms with van der Waals surface area (Å²) in [6.45, 7) is 4.23. The smallest absolute Gasteiger partial charge is 0.258 e. The molecule has 0 aliphatic carbocycles. The van der Waals surface area contributed by atoms with E-state index in [0.717, 1.165) is 16.9 Å². The minimum atomic E-state index is -0.410. The number of nitro benzene ring substituents is 2. The fraction of sp³-hybridized carbons (Fsp3) is 0.294. The molecule has 0 spiro atoms. The van der Waals surface area contributed by atoms with E-state index in [9.17, 15) is 20.2 Å². The Labute approximate surface area is 156 Å². The van der Waals surface area contributed by atoms with Crippen LogP contribution >= 0.6 is 24.4 Å². The molecule has 2 rings (SSSR count). The number of non-ortho nitro benzene ring substituents is 2. The van der Waals surface area contributed by atoms with Crippen LogP contribution in [0.5, 0.6) is 0 Å². The highest BCUT2D eigenvalue weighted by Crippen LogP contribution is 2.20. The third-order valence-electron chi connectivity index (χ3n) is 3.01. The van der Waals surface area contributed by atoms with Crippen molar-refractivity contribution in [3.63, 3.8) is 0 Å². The van der Waals surface area contributed by atoms with E-state index >= 15 is 0 Å². The summed E-state index contributed by atoms with van der Waals surface area (Å²) in [5.41, 5.74) is 2.17. The van der Waals surface area contributed by atoms with Crippen LogP contribution in [0.15, 0.2) is 48.5 Å². The molecule has 0 heterocycles. The fourth-order valence-electron chi connectivity index (χ4n) is 1.79. The van der Waals surface area contributed by atoms with Crippen LogP contribution in [-0.4, -0.2) is 15.1 Å². The average molecular weight is 380 g/mol. The van der Waals surface area contributed by atoms with Crippen LogP contribution < -0.4 is 0 Å². The number of hydrogen-bond acceptors (Lipinski definition) is 6. The zero-order valence-corrected chi connectivity index (χ0v) is 15.7. The molecule has 134 valence electrons. The first-order valence-electron chi connectivity index (χ1n) is 7.52. The highest BCUT2D eigenvalue weighted by Gasteiger charge is 2.06. The molecule has 0 bridgehead atoms. The Morgan fingerprint density at radius 3 is 1.88 bits per heavy atom. The molecular formula is C17H20N2O4S2. The van der Waals surface area contributed by atoms with Crippen molar-refractivity contribution in [2.24, 2.45) is 0 Å². The summed E-state index contributed by atoms with van der Waals surface area (Å²) in [4.78, 5) is 20.0. The predicted molar refractivity (Wildman–Crippen MR) is 105 cm³/mol. The topological polar surface area (TPSA) is 86.3 Å². The fourth-order valence-corrected chi connectivity index (χ4v) is 2.69. The van der Waals surface area contributed by atoms with Crippen LogP contribution in [-0.2, 0) is 11.5 Å². The predicted octanol–water partition coefficient (Wildman–Crippen LogP) is 5.26. The molecule has 0 aliphatic rings. The zero-order chi connectivity index (χ0) is 18.8. The summed E-state index contributed by atoms with van der Waals surface area (Å²) >= 11 is 5.79. The molecular weight excluding hydrogens is 360 g/mol. The van der Waals surface area contributed by atoms with E-state index in [1.54, 1.807) is 36.0 Å². The second kappa shape index (κ2) is 10.7. The van der Waals surface area contributed by atoms with E-state index in [1.807, 2.05) is 6.07 Å². The quantitative estimate of drug-likeness (QED) is 0.419. The lowest BCUT2D eigenvalue weighted by Gasteiger charge is -2.04. The van der Waals surface area contributed by atoms with Crippen molar-refractivity contribution in [2.45, 2.75) is 30.6 Å². The maximum absolute atomic E-state index is 10.5. The molecule has 0 atom stereocenters. The van der Waals surface area contributed by atoms with Crippen LogP contribution in [0.1, 0.15) is 25.0 Å². The van der Waals surface area contributed by atoms with Gasteiger partial charge in [-0.3, -0.25) is 20.2 Å². The second-order valence-electron chi connectivity index (χ2n) is 5.37. The number of hydrogen-bond donors (Lipinski definition) is 1. The molecule has 8 heteroatoms. The van der Waals surface area contributed by atoms with Crippen molar-refractivity contribution in [3.8, 4) is 0 Å². The summed E-state index contributed by atoms with van der Waals surface area (Å²) in [5.74, 6) is 1.36. The number of thioether (sulfide) groups is 1. The molecule has 6 nitrogen and oxygen atoms in total. The van der Waals surface area contributed by atoms with Crippen LogP contribution in [0.4, 0.5) is 11.4 Å². The largest absolute Gasteiger partial charge is 0.269 e. The third-order valence-corrected chi connectivity index (χ3v) is 4.54. The van der Waals surface area contributed by atoms with Crippen molar-refractivity contribution >= 4 is 35.8 Å². The summed E-state index contributed by atoms with van der Waals surface area (Å²) in [6, 6.07) is 13.2. The maximum Gasteiger partial charge on any atom is 0.269 e. The molecule has 0 saturated carbocycles. The molecule has 25 heavy (non-hydrogen) atoms. The summed E-state index contributed by atoms with van der Waals surface area (Å²) in [6.07, 6.45) is 0. The van der Waals surface area contributed by atoms with Crippen molar-refractivity contribution in [1.82, 2.24) is 0 Å². The summed E-state index contributed by atoms with van der Waals surface area (Å²) in [5, 5.41) is 21.3. The van der Waals surface area contributed by atoms with Gasteiger partial charge in [0.25, 0.3) is 11.4 Å². The Morgan fingerprint density at radius 2 is 1.44 bits per heavy atom. The van der Waals surface area contributed by atoms with Gasteiger partial charge < -0.3 is 0 Å². The molecule has 0 unspecified atom stereocenters. The molecule has 2 aromatic rings. The van der Waals surface area contributed by atoms with Gasteiger partial charge in [0, 0.05) is 35.8 Å².